The minimum absolute atomic E-state index is 0.406. The van der Waals surface area contributed by atoms with Crippen LogP contribution in [0.1, 0.15) is 11.1 Å². The number of hydrogen-bond donors (Lipinski definition) is 0. The Hall–Kier alpha value is -2.86. The molecule has 0 spiro atoms. The van der Waals surface area contributed by atoms with Crippen LogP contribution in [0.25, 0.3) is 0 Å². The van der Waals surface area contributed by atoms with Crippen LogP contribution < -0.4 is 9.47 Å². The molecule has 2 aromatic carbocycles. The van der Waals surface area contributed by atoms with Crippen LogP contribution in [0, 0.1) is 6.92 Å². The van der Waals surface area contributed by atoms with Gasteiger partial charge in [0.1, 0.15) is 37.4 Å². The molecular formula is C18H17ClN4O2. The van der Waals surface area contributed by atoms with E-state index in [4.69, 9.17) is 21.1 Å². The van der Waals surface area contributed by atoms with E-state index in [1.165, 1.54) is 17.3 Å². The summed E-state index contributed by atoms with van der Waals surface area (Å²) in [5, 5.41) is 12.2. The van der Waals surface area contributed by atoms with Gasteiger partial charge in [0.05, 0.1) is 6.21 Å². The van der Waals surface area contributed by atoms with Gasteiger partial charge in [-0.1, -0.05) is 29.8 Å². The number of ether oxygens (including phenoxy) is 2. The van der Waals surface area contributed by atoms with Crippen molar-refractivity contribution in [1.29, 1.82) is 0 Å². The average molecular weight is 357 g/mol. The van der Waals surface area contributed by atoms with Crippen molar-refractivity contribution in [2.75, 3.05) is 13.2 Å². The zero-order chi connectivity index (χ0) is 17.5. The molecule has 3 aromatic rings. The predicted molar refractivity (Wildman–Crippen MR) is 96.6 cm³/mol. The van der Waals surface area contributed by atoms with Gasteiger partial charge < -0.3 is 9.47 Å². The number of benzene rings is 2. The van der Waals surface area contributed by atoms with E-state index >= 15 is 0 Å². The van der Waals surface area contributed by atoms with Gasteiger partial charge >= 0.3 is 0 Å². The molecule has 0 aliphatic rings. The first-order valence-corrected chi connectivity index (χ1v) is 8.10. The van der Waals surface area contributed by atoms with E-state index in [1.54, 1.807) is 18.3 Å². The van der Waals surface area contributed by atoms with Crippen LogP contribution in [0.2, 0.25) is 5.02 Å². The standard InChI is InChI=1S/C18H17ClN4O2/c1-14-4-2-3-5-17(14)24-8-9-25-18-7-6-16(19)10-15(18)11-22-23-12-20-21-13-23/h2-7,10-13H,8-9H2,1H3. The Labute approximate surface area is 150 Å². The van der Waals surface area contributed by atoms with E-state index in [9.17, 15) is 0 Å². The monoisotopic (exact) mass is 356 g/mol. The molecule has 0 radical (unpaired) electrons. The van der Waals surface area contributed by atoms with Crippen molar-refractivity contribution >= 4 is 17.8 Å². The fraction of sp³-hybridized carbons (Fsp3) is 0.167. The first-order valence-electron chi connectivity index (χ1n) is 7.72. The molecule has 25 heavy (non-hydrogen) atoms. The number of aryl methyl sites for hydroxylation is 1. The molecule has 0 saturated heterocycles. The Morgan fingerprint density at radius 3 is 2.52 bits per heavy atom. The zero-order valence-corrected chi connectivity index (χ0v) is 14.4. The van der Waals surface area contributed by atoms with Gasteiger partial charge in [0.25, 0.3) is 0 Å². The molecule has 0 aliphatic heterocycles. The molecule has 6 nitrogen and oxygen atoms in total. The van der Waals surface area contributed by atoms with Crippen LogP contribution in [0.4, 0.5) is 0 Å². The lowest BCUT2D eigenvalue weighted by molar-refractivity contribution is 0.216. The highest BCUT2D eigenvalue weighted by atomic mass is 35.5. The van der Waals surface area contributed by atoms with Gasteiger partial charge in [-0.15, -0.1) is 10.2 Å². The van der Waals surface area contributed by atoms with E-state index in [-0.39, 0.29) is 0 Å². The zero-order valence-electron chi connectivity index (χ0n) is 13.7. The van der Waals surface area contributed by atoms with Crippen LogP contribution in [0.5, 0.6) is 11.5 Å². The van der Waals surface area contributed by atoms with Gasteiger partial charge in [0.2, 0.25) is 0 Å². The summed E-state index contributed by atoms with van der Waals surface area (Å²) < 4.78 is 13.0. The molecule has 1 aromatic heterocycles. The van der Waals surface area contributed by atoms with Gasteiger partial charge in [-0.3, -0.25) is 0 Å². The summed E-state index contributed by atoms with van der Waals surface area (Å²) in [6, 6.07) is 13.2. The number of rotatable bonds is 7. The lowest BCUT2D eigenvalue weighted by Gasteiger charge is -2.11. The molecule has 0 aliphatic carbocycles. The largest absolute Gasteiger partial charge is 0.490 e. The van der Waals surface area contributed by atoms with Crippen molar-refractivity contribution in [2.24, 2.45) is 5.10 Å². The van der Waals surface area contributed by atoms with E-state index < -0.39 is 0 Å². The minimum atomic E-state index is 0.406. The molecule has 3 rings (SSSR count). The molecule has 0 fully saturated rings. The molecule has 0 saturated carbocycles. The normalized spacial score (nSPS) is 11.0. The Bertz CT molecular complexity index is 850. The molecule has 0 atom stereocenters. The van der Waals surface area contributed by atoms with Gasteiger partial charge in [0.15, 0.2) is 0 Å². The molecule has 0 amide bonds. The van der Waals surface area contributed by atoms with Crippen LogP contribution in [0.3, 0.4) is 0 Å². The maximum atomic E-state index is 6.06. The molecule has 7 heteroatoms. The lowest BCUT2D eigenvalue weighted by atomic mass is 10.2. The third kappa shape index (κ3) is 4.81. The molecular weight excluding hydrogens is 340 g/mol. The Kier molecular flexibility index (Phi) is 5.64. The Morgan fingerprint density at radius 2 is 1.76 bits per heavy atom. The molecule has 0 N–H and O–H groups in total. The number of hydrogen-bond acceptors (Lipinski definition) is 5. The Morgan fingerprint density at radius 1 is 1.04 bits per heavy atom. The topological polar surface area (TPSA) is 61.5 Å². The SMILES string of the molecule is Cc1ccccc1OCCOc1ccc(Cl)cc1C=Nn1cnnc1. The third-order valence-corrected chi connectivity index (χ3v) is 3.64. The van der Waals surface area contributed by atoms with Crippen molar-refractivity contribution in [3.8, 4) is 11.5 Å². The minimum Gasteiger partial charge on any atom is -0.490 e. The fourth-order valence-corrected chi connectivity index (χ4v) is 2.34. The second kappa shape index (κ2) is 8.30. The van der Waals surface area contributed by atoms with E-state index in [2.05, 4.69) is 15.3 Å². The average Bonchev–Trinajstić information content (AvgIpc) is 3.13. The van der Waals surface area contributed by atoms with Crippen LogP contribution in [-0.4, -0.2) is 34.3 Å². The van der Waals surface area contributed by atoms with Crippen LogP contribution in [-0.2, 0) is 0 Å². The molecule has 1 heterocycles. The van der Waals surface area contributed by atoms with Gasteiger partial charge in [0, 0.05) is 10.6 Å². The van der Waals surface area contributed by atoms with Crippen molar-refractivity contribution in [3.63, 3.8) is 0 Å². The molecule has 0 unspecified atom stereocenters. The smallest absolute Gasteiger partial charge is 0.141 e. The summed E-state index contributed by atoms with van der Waals surface area (Å²) in [6.45, 7) is 2.86. The summed E-state index contributed by atoms with van der Waals surface area (Å²) >= 11 is 6.06. The van der Waals surface area contributed by atoms with Crippen LogP contribution >= 0.6 is 11.6 Å². The summed E-state index contributed by atoms with van der Waals surface area (Å²) in [6.07, 6.45) is 4.64. The lowest BCUT2D eigenvalue weighted by Crippen LogP contribution is -2.10. The van der Waals surface area contributed by atoms with Gasteiger partial charge in [-0.05, 0) is 36.8 Å². The van der Waals surface area contributed by atoms with E-state index in [0.717, 1.165) is 16.9 Å². The number of halogens is 1. The first kappa shape index (κ1) is 17.0. The second-order valence-corrected chi connectivity index (χ2v) is 5.67. The van der Waals surface area contributed by atoms with Gasteiger partial charge in [-0.25, -0.2) is 4.68 Å². The number of aromatic nitrogens is 3. The number of para-hydroxylation sites is 1. The summed E-state index contributed by atoms with van der Waals surface area (Å²) in [7, 11) is 0. The van der Waals surface area contributed by atoms with Crippen molar-refractivity contribution < 1.29 is 9.47 Å². The summed E-state index contributed by atoms with van der Waals surface area (Å²) in [5.74, 6) is 1.53. The molecule has 0 bridgehead atoms. The van der Waals surface area contributed by atoms with Crippen LogP contribution in [0.15, 0.2) is 60.2 Å². The fourth-order valence-electron chi connectivity index (χ4n) is 2.16. The Balaban J connectivity index is 1.61. The van der Waals surface area contributed by atoms with E-state index in [1.807, 2.05) is 37.3 Å². The first-order chi connectivity index (χ1) is 12.2. The third-order valence-electron chi connectivity index (χ3n) is 3.40. The highest BCUT2D eigenvalue weighted by Gasteiger charge is 2.04. The maximum absolute atomic E-state index is 6.06. The quantitative estimate of drug-likeness (QED) is 0.479. The predicted octanol–water partition coefficient (Wildman–Crippen LogP) is 3.58. The summed E-state index contributed by atoms with van der Waals surface area (Å²) in [4.78, 5) is 0. The van der Waals surface area contributed by atoms with Gasteiger partial charge in [-0.2, -0.15) is 5.10 Å². The maximum Gasteiger partial charge on any atom is 0.141 e. The molecule has 128 valence electrons. The number of nitrogens with zero attached hydrogens (tertiary/aromatic N) is 4. The highest BCUT2D eigenvalue weighted by Crippen LogP contribution is 2.22. The van der Waals surface area contributed by atoms with Crippen molar-refractivity contribution in [1.82, 2.24) is 14.9 Å². The van der Waals surface area contributed by atoms with Crippen molar-refractivity contribution in [2.45, 2.75) is 6.92 Å². The second-order valence-electron chi connectivity index (χ2n) is 5.23. The summed E-state index contributed by atoms with van der Waals surface area (Å²) in [5.41, 5.74) is 1.85. The van der Waals surface area contributed by atoms with Crippen molar-refractivity contribution in [3.05, 3.63) is 71.3 Å². The highest BCUT2D eigenvalue weighted by molar-refractivity contribution is 6.30. The van der Waals surface area contributed by atoms with E-state index in [0.29, 0.717) is 24.0 Å².